The highest BCUT2D eigenvalue weighted by Crippen LogP contribution is 2.21. The van der Waals surface area contributed by atoms with E-state index in [0.717, 1.165) is 5.71 Å². The molecule has 2 heterocycles. The third-order valence-corrected chi connectivity index (χ3v) is 2.37. The van der Waals surface area contributed by atoms with Gasteiger partial charge in [0.25, 0.3) is 0 Å². The Kier molecular flexibility index (Phi) is 4.99. The molecule has 1 amide bonds. The fourth-order valence-corrected chi connectivity index (χ4v) is 1.69. The highest BCUT2D eigenvalue weighted by molar-refractivity contribution is 5.94. The smallest absolute Gasteiger partial charge is 0.410 e. The van der Waals surface area contributed by atoms with Crippen molar-refractivity contribution in [2.75, 3.05) is 19.7 Å². The summed E-state index contributed by atoms with van der Waals surface area (Å²) < 4.78 is 5.28. The van der Waals surface area contributed by atoms with Gasteiger partial charge in [-0.1, -0.05) is 25.4 Å². The van der Waals surface area contributed by atoms with Crippen LogP contribution in [0.3, 0.4) is 0 Å². The molecule has 1 atom stereocenters. The largest absolute Gasteiger partial charge is 0.444 e. The van der Waals surface area contributed by atoms with Gasteiger partial charge in [0.05, 0.1) is 18.2 Å². The molecule has 2 aliphatic rings. The van der Waals surface area contributed by atoms with Crippen LogP contribution in [0.4, 0.5) is 4.79 Å². The van der Waals surface area contributed by atoms with Crippen molar-refractivity contribution in [2.45, 2.75) is 46.6 Å². The number of nitrogens with zero attached hydrogens (tertiary/aromatic N) is 2. The molecule has 0 aromatic rings. The zero-order valence-electron chi connectivity index (χ0n) is 12.0. The highest BCUT2D eigenvalue weighted by atomic mass is 16.6. The fourth-order valence-electron chi connectivity index (χ4n) is 1.69. The van der Waals surface area contributed by atoms with Crippen molar-refractivity contribution in [3.05, 3.63) is 0 Å². The van der Waals surface area contributed by atoms with Crippen LogP contribution in [-0.4, -0.2) is 42.0 Å². The molecular weight excluding hydrogens is 232 g/mol. The fraction of sp³-hybridized carbons (Fsp3) is 0.846. The number of hydrogen-bond donors (Lipinski definition) is 0. The predicted octanol–water partition coefficient (Wildman–Crippen LogP) is 2.66. The van der Waals surface area contributed by atoms with Crippen LogP contribution in [0.25, 0.3) is 0 Å². The van der Waals surface area contributed by atoms with Crippen LogP contribution < -0.4 is 0 Å². The summed E-state index contributed by atoms with van der Waals surface area (Å²) in [6, 6.07) is 0. The second-order valence-corrected chi connectivity index (χ2v) is 5.64. The van der Waals surface area contributed by atoms with Crippen LogP contribution in [0, 0.1) is 5.92 Å². The first-order chi connectivity index (χ1) is 8.37. The van der Waals surface area contributed by atoms with Gasteiger partial charge in [0.2, 0.25) is 0 Å². The molecule has 1 fully saturated rings. The van der Waals surface area contributed by atoms with Crippen molar-refractivity contribution in [1.29, 1.82) is 0 Å². The molecule has 1 unspecified atom stereocenters. The van der Waals surface area contributed by atoms with E-state index in [4.69, 9.17) is 9.57 Å². The van der Waals surface area contributed by atoms with Gasteiger partial charge in [0, 0.05) is 6.54 Å². The van der Waals surface area contributed by atoms with E-state index in [0.29, 0.717) is 19.7 Å². The van der Waals surface area contributed by atoms with Crippen LogP contribution in [-0.2, 0) is 9.57 Å². The average Bonchev–Trinajstić information content (AvgIpc) is 2.73. The number of hydrogen-bond acceptors (Lipinski definition) is 4. The Balaban J connectivity index is 0.000000492. The minimum Gasteiger partial charge on any atom is -0.444 e. The maximum atomic E-state index is 11.7. The normalized spacial score (nSPS) is 21.5. The van der Waals surface area contributed by atoms with Crippen molar-refractivity contribution in [1.82, 2.24) is 4.90 Å². The number of likely N-dealkylation sites (tertiary alicyclic amines) is 1. The molecule has 104 valence electrons. The average molecular weight is 256 g/mol. The molecule has 2 rings (SSSR count). The monoisotopic (exact) mass is 256 g/mol. The summed E-state index contributed by atoms with van der Waals surface area (Å²) in [6.45, 7) is 11.6. The van der Waals surface area contributed by atoms with E-state index in [1.807, 2.05) is 20.8 Å². The predicted molar refractivity (Wildman–Crippen MR) is 70.6 cm³/mol. The molecular formula is C13H24N2O3. The third-order valence-electron chi connectivity index (χ3n) is 2.37. The lowest BCUT2D eigenvalue weighted by Crippen LogP contribution is -2.36. The quantitative estimate of drug-likeness (QED) is 0.669. The zero-order chi connectivity index (χ0) is 13.8. The summed E-state index contributed by atoms with van der Waals surface area (Å²) in [4.78, 5) is 18.3. The van der Waals surface area contributed by atoms with E-state index in [1.165, 1.54) is 6.42 Å². The molecule has 2 aliphatic heterocycles. The van der Waals surface area contributed by atoms with Crippen molar-refractivity contribution in [3.63, 3.8) is 0 Å². The van der Waals surface area contributed by atoms with Crippen LogP contribution in [0.1, 0.15) is 41.0 Å². The van der Waals surface area contributed by atoms with Crippen molar-refractivity contribution >= 4 is 11.8 Å². The van der Waals surface area contributed by atoms with E-state index in [9.17, 15) is 4.79 Å². The molecule has 18 heavy (non-hydrogen) atoms. The number of carbonyl (C=O) groups excluding carboxylic acids is 1. The molecule has 0 radical (unpaired) electrons. The lowest BCUT2D eigenvalue weighted by molar-refractivity contribution is 0.0273. The first-order valence-electron chi connectivity index (χ1n) is 6.54. The number of amides is 1. The summed E-state index contributed by atoms with van der Waals surface area (Å²) in [5, 5.41) is 3.89. The minimum absolute atomic E-state index is 0.264. The summed E-state index contributed by atoms with van der Waals surface area (Å²) in [7, 11) is 0. The maximum Gasteiger partial charge on any atom is 0.410 e. The van der Waals surface area contributed by atoms with Gasteiger partial charge in [0.1, 0.15) is 12.2 Å². The van der Waals surface area contributed by atoms with Gasteiger partial charge in [-0.2, -0.15) is 0 Å². The molecule has 0 saturated carbocycles. The molecule has 0 aromatic carbocycles. The van der Waals surface area contributed by atoms with E-state index >= 15 is 0 Å². The van der Waals surface area contributed by atoms with Crippen molar-refractivity contribution < 1.29 is 14.4 Å². The Morgan fingerprint density at radius 2 is 2.11 bits per heavy atom. The third kappa shape index (κ3) is 4.20. The summed E-state index contributed by atoms with van der Waals surface area (Å²) in [5.74, 6) is 0.275. The SMILES string of the molecule is CC(C)(C)OC(=O)N1CC2=NOCC2C1.CCC. The van der Waals surface area contributed by atoms with Gasteiger partial charge in [0.15, 0.2) is 0 Å². The van der Waals surface area contributed by atoms with Crippen LogP contribution >= 0.6 is 0 Å². The van der Waals surface area contributed by atoms with Gasteiger partial charge in [-0.3, -0.25) is 0 Å². The first kappa shape index (κ1) is 14.8. The molecule has 5 nitrogen and oxygen atoms in total. The Hall–Kier alpha value is -1.26. The highest BCUT2D eigenvalue weighted by Gasteiger charge is 2.37. The molecule has 0 aromatic heterocycles. The van der Waals surface area contributed by atoms with E-state index in [-0.39, 0.29) is 12.0 Å². The van der Waals surface area contributed by atoms with Gasteiger partial charge in [-0.15, -0.1) is 0 Å². The van der Waals surface area contributed by atoms with E-state index < -0.39 is 5.60 Å². The standard InChI is InChI=1S/C10H16N2O3.C3H8/c1-10(2,3)15-9(13)12-4-7-6-14-11-8(7)5-12;1-3-2/h7H,4-6H2,1-3H3;3H2,1-2H3. The lowest BCUT2D eigenvalue weighted by Gasteiger charge is -2.24. The van der Waals surface area contributed by atoms with Crippen molar-refractivity contribution in [3.8, 4) is 0 Å². The van der Waals surface area contributed by atoms with Crippen LogP contribution in [0.5, 0.6) is 0 Å². The number of rotatable bonds is 0. The van der Waals surface area contributed by atoms with Crippen LogP contribution in [0.2, 0.25) is 0 Å². The lowest BCUT2D eigenvalue weighted by atomic mass is 10.1. The topological polar surface area (TPSA) is 51.1 Å². The Bertz CT molecular complexity index is 321. The zero-order valence-corrected chi connectivity index (χ0v) is 12.0. The maximum absolute atomic E-state index is 11.7. The molecule has 0 N–H and O–H groups in total. The van der Waals surface area contributed by atoms with Gasteiger partial charge in [-0.05, 0) is 20.8 Å². The molecule has 0 bridgehead atoms. The second-order valence-electron chi connectivity index (χ2n) is 5.64. The van der Waals surface area contributed by atoms with Gasteiger partial charge < -0.3 is 14.5 Å². The Labute approximate surface area is 109 Å². The van der Waals surface area contributed by atoms with Gasteiger partial charge >= 0.3 is 6.09 Å². The molecule has 0 spiro atoms. The van der Waals surface area contributed by atoms with E-state index in [2.05, 4.69) is 19.0 Å². The second kappa shape index (κ2) is 6.07. The number of oxime groups is 1. The number of fused-ring (bicyclic) bond motifs is 1. The summed E-state index contributed by atoms with van der Waals surface area (Å²) in [5.41, 5.74) is 0.522. The van der Waals surface area contributed by atoms with E-state index in [1.54, 1.807) is 4.90 Å². The minimum atomic E-state index is -0.437. The Morgan fingerprint density at radius 1 is 1.50 bits per heavy atom. The Morgan fingerprint density at radius 3 is 2.61 bits per heavy atom. The summed E-state index contributed by atoms with van der Waals surface area (Å²) in [6.07, 6.45) is 0.986. The van der Waals surface area contributed by atoms with Gasteiger partial charge in [-0.25, -0.2) is 4.79 Å². The van der Waals surface area contributed by atoms with Crippen molar-refractivity contribution in [2.24, 2.45) is 11.1 Å². The first-order valence-corrected chi connectivity index (χ1v) is 6.54. The number of carbonyl (C=O) groups is 1. The molecule has 1 saturated heterocycles. The molecule has 5 heteroatoms. The van der Waals surface area contributed by atoms with Crippen LogP contribution in [0.15, 0.2) is 5.16 Å². The summed E-state index contributed by atoms with van der Waals surface area (Å²) >= 11 is 0. The number of ether oxygens (including phenoxy) is 1. The molecule has 0 aliphatic carbocycles.